The Bertz CT molecular complexity index is 828. The number of carboxylic acid groups (broad SMARTS) is 1. The van der Waals surface area contributed by atoms with Crippen LogP contribution in [-0.2, 0) is 18.0 Å². The number of ether oxygens (including phenoxy) is 1. The third-order valence-electron chi connectivity index (χ3n) is 3.33. The number of rotatable bonds is 2. The quantitative estimate of drug-likeness (QED) is 0.841. The summed E-state index contributed by atoms with van der Waals surface area (Å²) >= 11 is 0. The number of benzene rings is 1. The summed E-state index contributed by atoms with van der Waals surface area (Å²) in [5.74, 6) is -2.39. The summed E-state index contributed by atoms with van der Waals surface area (Å²) in [4.78, 5) is 23.3. The van der Waals surface area contributed by atoms with Crippen LogP contribution in [-0.4, -0.2) is 27.2 Å². The van der Waals surface area contributed by atoms with Gasteiger partial charge in [0.2, 0.25) is 0 Å². The lowest BCUT2D eigenvalue weighted by molar-refractivity contribution is -0.138. The molecule has 0 aliphatic carbocycles. The van der Waals surface area contributed by atoms with E-state index in [1.807, 2.05) is 0 Å². The van der Waals surface area contributed by atoms with E-state index in [9.17, 15) is 22.8 Å². The Kier molecular flexibility index (Phi) is 4.12. The van der Waals surface area contributed by atoms with Gasteiger partial charge < -0.3 is 14.4 Å². The number of carbonyl (C=O) groups excluding carboxylic acids is 1. The lowest BCUT2D eigenvalue weighted by atomic mass is 10.0. The molecular weight excluding hydrogens is 327 g/mol. The number of aryl methyl sites for hydroxylation is 1. The topological polar surface area (TPSA) is 68.5 Å². The van der Waals surface area contributed by atoms with Gasteiger partial charge in [0.15, 0.2) is 0 Å². The fraction of sp³-hybridized carbons (Fsp3) is 0.375. The summed E-state index contributed by atoms with van der Waals surface area (Å²) in [5, 5.41) is 9.30. The van der Waals surface area contributed by atoms with Crippen LogP contribution in [0.25, 0.3) is 10.9 Å². The molecule has 8 heteroatoms. The van der Waals surface area contributed by atoms with Crippen molar-refractivity contribution in [1.82, 2.24) is 4.57 Å². The first-order valence-corrected chi connectivity index (χ1v) is 6.98. The Morgan fingerprint density at radius 3 is 2.17 bits per heavy atom. The highest BCUT2D eigenvalue weighted by atomic mass is 19.4. The summed E-state index contributed by atoms with van der Waals surface area (Å²) in [6.45, 7) is 4.63. The molecule has 0 bridgehead atoms. The number of hydrogen-bond acceptors (Lipinski definition) is 3. The van der Waals surface area contributed by atoms with Crippen LogP contribution >= 0.6 is 0 Å². The van der Waals surface area contributed by atoms with Crippen molar-refractivity contribution >= 4 is 22.8 Å². The van der Waals surface area contributed by atoms with Gasteiger partial charge in [-0.3, -0.25) is 0 Å². The smallest absolute Gasteiger partial charge is 0.417 e. The van der Waals surface area contributed by atoms with E-state index in [0.717, 1.165) is 16.7 Å². The molecule has 1 N–H and O–H groups in total. The molecular formula is C16H16F3NO4. The van der Waals surface area contributed by atoms with E-state index in [1.165, 1.54) is 13.1 Å². The fourth-order valence-corrected chi connectivity index (χ4v) is 2.33. The standard InChI is InChI=1S/C16H16F3NO4/c1-15(2,3)24-14(23)9-5-8-6-12(13(21)22)20(4)11(8)7-10(9)16(17,18)19/h5-7H,1-4H3,(H,21,22). The molecule has 0 aliphatic rings. The molecule has 0 aliphatic heterocycles. The molecule has 0 atom stereocenters. The van der Waals surface area contributed by atoms with Crippen molar-refractivity contribution in [3.05, 3.63) is 35.0 Å². The lowest BCUT2D eigenvalue weighted by Crippen LogP contribution is -2.25. The zero-order chi connectivity index (χ0) is 18.4. The first-order valence-electron chi connectivity index (χ1n) is 6.98. The van der Waals surface area contributed by atoms with E-state index in [4.69, 9.17) is 9.84 Å². The number of fused-ring (bicyclic) bond motifs is 1. The van der Waals surface area contributed by atoms with E-state index < -0.39 is 34.8 Å². The van der Waals surface area contributed by atoms with Crippen LogP contribution in [0.15, 0.2) is 18.2 Å². The van der Waals surface area contributed by atoms with Crippen LogP contribution in [0.5, 0.6) is 0 Å². The second kappa shape index (κ2) is 5.54. The Labute approximate surface area is 135 Å². The van der Waals surface area contributed by atoms with Gasteiger partial charge in [-0.05, 0) is 39.0 Å². The number of alkyl halides is 3. The van der Waals surface area contributed by atoms with Crippen LogP contribution in [0.2, 0.25) is 0 Å². The SMILES string of the molecule is Cn1c(C(=O)O)cc2cc(C(=O)OC(C)(C)C)c(C(F)(F)F)cc21. The van der Waals surface area contributed by atoms with E-state index in [2.05, 4.69) is 0 Å². The second-order valence-corrected chi connectivity index (χ2v) is 6.35. The van der Waals surface area contributed by atoms with Crippen LogP contribution < -0.4 is 0 Å². The predicted molar refractivity (Wildman–Crippen MR) is 80.0 cm³/mol. The highest BCUT2D eigenvalue weighted by molar-refractivity contribution is 6.00. The van der Waals surface area contributed by atoms with Crippen LogP contribution in [0, 0.1) is 0 Å². The van der Waals surface area contributed by atoms with Gasteiger partial charge in [-0.1, -0.05) is 0 Å². The Morgan fingerprint density at radius 1 is 1.12 bits per heavy atom. The maximum absolute atomic E-state index is 13.3. The van der Waals surface area contributed by atoms with Gasteiger partial charge in [0.25, 0.3) is 0 Å². The number of carboxylic acids is 1. The number of halogens is 3. The average Bonchev–Trinajstić information content (AvgIpc) is 2.71. The monoisotopic (exact) mass is 343 g/mol. The summed E-state index contributed by atoms with van der Waals surface area (Å²) in [7, 11) is 1.35. The molecule has 0 radical (unpaired) electrons. The summed E-state index contributed by atoms with van der Waals surface area (Å²) in [6, 6.07) is 2.99. The van der Waals surface area contributed by atoms with E-state index >= 15 is 0 Å². The predicted octanol–water partition coefficient (Wildman–Crippen LogP) is 3.85. The number of nitrogens with zero attached hydrogens (tertiary/aromatic N) is 1. The Hall–Kier alpha value is -2.51. The van der Waals surface area contributed by atoms with Gasteiger partial charge in [-0.15, -0.1) is 0 Å². The number of esters is 1. The molecule has 0 unspecified atom stereocenters. The van der Waals surface area contributed by atoms with Gasteiger partial charge >= 0.3 is 18.1 Å². The van der Waals surface area contributed by atoms with Crippen molar-refractivity contribution in [2.75, 3.05) is 0 Å². The molecule has 0 amide bonds. The molecule has 1 heterocycles. The first-order chi connectivity index (χ1) is 10.8. The minimum absolute atomic E-state index is 0.0621. The van der Waals surface area contributed by atoms with E-state index in [-0.39, 0.29) is 16.6 Å². The maximum Gasteiger partial charge on any atom is 0.417 e. The molecule has 1 aromatic carbocycles. The van der Waals surface area contributed by atoms with E-state index in [0.29, 0.717) is 0 Å². The Balaban J connectivity index is 2.73. The molecule has 1 aromatic heterocycles. The molecule has 0 fully saturated rings. The summed E-state index contributed by atoms with van der Waals surface area (Å²) < 4.78 is 46.2. The van der Waals surface area contributed by atoms with Crippen molar-refractivity contribution in [3.8, 4) is 0 Å². The number of carbonyl (C=O) groups is 2. The molecule has 130 valence electrons. The summed E-state index contributed by atoms with van der Waals surface area (Å²) in [5.41, 5.74) is -2.89. The maximum atomic E-state index is 13.3. The molecule has 0 saturated heterocycles. The van der Waals surface area contributed by atoms with Crippen molar-refractivity contribution < 1.29 is 32.6 Å². The van der Waals surface area contributed by atoms with Crippen molar-refractivity contribution in [2.45, 2.75) is 32.5 Å². The van der Waals surface area contributed by atoms with Crippen molar-refractivity contribution in [2.24, 2.45) is 7.05 Å². The third-order valence-corrected chi connectivity index (χ3v) is 3.33. The lowest BCUT2D eigenvalue weighted by Gasteiger charge is -2.21. The zero-order valence-electron chi connectivity index (χ0n) is 13.5. The minimum Gasteiger partial charge on any atom is -0.477 e. The van der Waals surface area contributed by atoms with Gasteiger partial charge in [-0.2, -0.15) is 13.2 Å². The summed E-state index contributed by atoms with van der Waals surface area (Å²) in [6.07, 6.45) is -4.78. The van der Waals surface area contributed by atoms with Gasteiger partial charge in [0.1, 0.15) is 11.3 Å². The van der Waals surface area contributed by atoms with Gasteiger partial charge in [-0.25, -0.2) is 9.59 Å². The van der Waals surface area contributed by atoms with E-state index in [1.54, 1.807) is 20.8 Å². The third kappa shape index (κ3) is 3.37. The molecule has 5 nitrogen and oxygen atoms in total. The fourth-order valence-electron chi connectivity index (χ4n) is 2.33. The van der Waals surface area contributed by atoms with Crippen LogP contribution in [0.1, 0.15) is 47.2 Å². The van der Waals surface area contributed by atoms with Crippen LogP contribution in [0.4, 0.5) is 13.2 Å². The average molecular weight is 343 g/mol. The highest BCUT2D eigenvalue weighted by Gasteiger charge is 2.37. The van der Waals surface area contributed by atoms with Crippen LogP contribution in [0.3, 0.4) is 0 Å². The molecule has 0 spiro atoms. The molecule has 0 saturated carbocycles. The number of hydrogen-bond donors (Lipinski definition) is 1. The minimum atomic E-state index is -4.78. The van der Waals surface area contributed by atoms with Gasteiger partial charge in [0.05, 0.1) is 11.1 Å². The number of aromatic nitrogens is 1. The first kappa shape index (κ1) is 17.8. The second-order valence-electron chi connectivity index (χ2n) is 6.35. The largest absolute Gasteiger partial charge is 0.477 e. The zero-order valence-corrected chi connectivity index (χ0v) is 13.5. The Morgan fingerprint density at radius 2 is 1.71 bits per heavy atom. The highest BCUT2D eigenvalue weighted by Crippen LogP contribution is 2.36. The van der Waals surface area contributed by atoms with Gasteiger partial charge in [0, 0.05) is 18.0 Å². The molecule has 2 rings (SSSR count). The number of aromatic carboxylic acids is 1. The molecule has 2 aromatic rings. The van der Waals surface area contributed by atoms with Crippen molar-refractivity contribution in [3.63, 3.8) is 0 Å². The molecule has 24 heavy (non-hydrogen) atoms. The van der Waals surface area contributed by atoms with Crippen molar-refractivity contribution in [1.29, 1.82) is 0 Å². The normalized spacial score (nSPS) is 12.5.